The minimum Gasteiger partial charge on any atom is -0.361 e. The second kappa shape index (κ2) is 4.58. The first-order valence-electron chi connectivity index (χ1n) is 5.82. The highest BCUT2D eigenvalue weighted by atomic mass is 32.1. The molecule has 1 unspecified atom stereocenters. The van der Waals surface area contributed by atoms with E-state index >= 15 is 0 Å². The van der Waals surface area contributed by atoms with E-state index in [2.05, 4.69) is 15.6 Å². The number of halogens is 1. The van der Waals surface area contributed by atoms with E-state index in [1.54, 1.807) is 6.07 Å². The summed E-state index contributed by atoms with van der Waals surface area (Å²) in [4.78, 5) is 4.44. The average molecular weight is 251 g/mol. The molecule has 1 fully saturated rings. The minimum absolute atomic E-state index is 0.201. The lowest BCUT2D eigenvalue weighted by Crippen LogP contribution is -2.16. The Morgan fingerprint density at radius 2 is 2.47 bits per heavy atom. The summed E-state index contributed by atoms with van der Waals surface area (Å²) < 4.78 is 13.9. The molecule has 0 aliphatic carbocycles. The van der Waals surface area contributed by atoms with Gasteiger partial charge in [-0.25, -0.2) is 9.37 Å². The molecule has 2 N–H and O–H groups in total. The van der Waals surface area contributed by atoms with Gasteiger partial charge < -0.3 is 10.6 Å². The van der Waals surface area contributed by atoms with Crippen LogP contribution in [0.2, 0.25) is 0 Å². The van der Waals surface area contributed by atoms with Crippen molar-refractivity contribution < 1.29 is 4.39 Å². The molecular formula is C12H14FN3S. The Balaban J connectivity index is 1.72. The summed E-state index contributed by atoms with van der Waals surface area (Å²) in [6, 6.07) is 4.71. The Morgan fingerprint density at radius 3 is 3.29 bits per heavy atom. The molecule has 0 bridgehead atoms. The van der Waals surface area contributed by atoms with Gasteiger partial charge in [-0.15, -0.1) is 0 Å². The van der Waals surface area contributed by atoms with Crippen LogP contribution in [0.25, 0.3) is 10.2 Å². The topological polar surface area (TPSA) is 37.0 Å². The molecule has 1 saturated heterocycles. The number of aromatic nitrogens is 1. The van der Waals surface area contributed by atoms with E-state index < -0.39 is 0 Å². The van der Waals surface area contributed by atoms with Crippen LogP contribution >= 0.6 is 11.3 Å². The predicted molar refractivity (Wildman–Crippen MR) is 69.0 cm³/mol. The molecule has 3 nitrogen and oxygen atoms in total. The van der Waals surface area contributed by atoms with Crippen molar-refractivity contribution in [3.8, 4) is 0 Å². The maximum absolute atomic E-state index is 13.0. The zero-order valence-corrected chi connectivity index (χ0v) is 10.2. The molecule has 3 rings (SSSR count). The van der Waals surface area contributed by atoms with Crippen molar-refractivity contribution >= 4 is 26.7 Å². The fraction of sp³-hybridized carbons (Fsp3) is 0.417. The first-order valence-corrected chi connectivity index (χ1v) is 6.63. The number of nitrogens with one attached hydrogen (secondary N) is 2. The number of hydrogen-bond acceptors (Lipinski definition) is 4. The lowest BCUT2D eigenvalue weighted by Gasteiger charge is -2.07. The largest absolute Gasteiger partial charge is 0.361 e. The van der Waals surface area contributed by atoms with E-state index in [-0.39, 0.29) is 5.82 Å². The van der Waals surface area contributed by atoms with Gasteiger partial charge in [0.05, 0.1) is 10.2 Å². The smallest absolute Gasteiger partial charge is 0.183 e. The minimum atomic E-state index is -0.201. The van der Waals surface area contributed by atoms with Crippen LogP contribution < -0.4 is 10.6 Å². The zero-order valence-electron chi connectivity index (χ0n) is 9.37. The van der Waals surface area contributed by atoms with Crippen LogP contribution in [0.4, 0.5) is 9.52 Å². The van der Waals surface area contributed by atoms with E-state index in [4.69, 9.17) is 0 Å². The van der Waals surface area contributed by atoms with E-state index in [1.807, 2.05) is 0 Å². The van der Waals surface area contributed by atoms with Crippen LogP contribution in [0.3, 0.4) is 0 Å². The molecule has 2 aromatic rings. The first-order chi connectivity index (χ1) is 8.31. The predicted octanol–water partition coefficient (Wildman–Crippen LogP) is 2.46. The highest BCUT2D eigenvalue weighted by molar-refractivity contribution is 7.22. The van der Waals surface area contributed by atoms with E-state index in [0.29, 0.717) is 5.92 Å². The Bertz CT molecular complexity index is 519. The Labute approximate surface area is 103 Å². The molecule has 17 heavy (non-hydrogen) atoms. The number of benzene rings is 1. The molecule has 1 aliphatic heterocycles. The van der Waals surface area contributed by atoms with Gasteiger partial charge in [-0.3, -0.25) is 0 Å². The van der Waals surface area contributed by atoms with Crippen molar-refractivity contribution in [2.45, 2.75) is 6.42 Å². The Hall–Kier alpha value is -1.20. The summed E-state index contributed by atoms with van der Waals surface area (Å²) in [6.45, 7) is 3.12. The number of hydrogen-bond donors (Lipinski definition) is 2. The van der Waals surface area contributed by atoms with Gasteiger partial charge in [0.25, 0.3) is 0 Å². The number of anilines is 1. The number of nitrogens with zero attached hydrogens (tertiary/aromatic N) is 1. The molecule has 1 aromatic heterocycles. The van der Waals surface area contributed by atoms with Gasteiger partial charge in [0.2, 0.25) is 0 Å². The van der Waals surface area contributed by atoms with Crippen molar-refractivity contribution in [2.75, 3.05) is 25.0 Å². The molecule has 0 radical (unpaired) electrons. The lowest BCUT2D eigenvalue weighted by atomic mass is 10.1. The molecule has 2 heterocycles. The highest BCUT2D eigenvalue weighted by Gasteiger charge is 2.14. The van der Waals surface area contributed by atoms with Crippen molar-refractivity contribution in [1.29, 1.82) is 0 Å². The third kappa shape index (κ3) is 2.40. The summed E-state index contributed by atoms with van der Waals surface area (Å²) >= 11 is 1.51. The van der Waals surface area contributed by atoms with Crippen LogP contribution in [0.15, 0.2) is 18.2 Å². The van der Waals surface area contributed by atoms with Gasteiger partial charge in [-0.2, -0.15) is 0 Å². The van der Waals surface area contributed by atoms with Crippen molar-refractivity contribution in [3.05, 3.63) is 24.0 Å². The van der Waals surface area contributed by atoms with Gasteiger partial charge >= 0.3 is 0 Å². The van der Waals surface area contributed by atoms with Crippen LogP contribution in [0.1, 0.15) is 6.42 Å². The van der Waals surface area contributed by atoms with Crippen molar-refractivity contribution in [2.24, 2.45) is 5.92 Å². The molecule has 5 heteroatoms. The molecule has 0 amide bonds. The molecule has 1 atom stereocenters. The number of fused-ring (bicyclic) bond motifs is 1. The van der Waals surface area contributed by atoms with Crippen molar-refractivity contribution in [3.63, 3.8) is 0 Å². The zero-order chi connectivity index (χ0) is 11.7. The van der Waals surface area contributed by atoms with Gasteiger partial charge in [0, 0.05) is 6.54 Å². The molecule has 0 spiro atoms. The van der Waals surface area contributed by atoms with Gasteiger partial charge in [-0.05, 0) is 43.6 Å². The molecule has 1 aromatic carbocycles. The quantitative estimate of drug-likeness (QED) is 0.880. The first kappa shape index (κ1) is 10.9. The second-order valence-electron chi connectivity index (χ2n) is 4.37. The summed E-state index contributed by atoms with van der Waals surface area (Å²) in [7, 11) is 0. The van der Waals surface area contributed by atoms with Crippen LogP contribution in [-0.2, 0) is 0 Å². The SMILES string of the molecule is Fc1ccc2nc(NCC3CCNC3)sc2c1. The maximum atomic E-state index is 13.0. The maximum Gasteiger partial charge on any atom is 0.183 e. The molecule has 0 saturated carbocycles. The van der Waals surface area contributed by atoms with Gasteiger partial charge in [0.1, 0.15) is 5.82 Å². The highest BCUT2D eigenvalue weighted by Crippen LogP contribution is 2.26. The van der Waals surface area contributed by atoms with E-state index in [0.717, 1.165) is 35.0 Å². The summed E-state index contributed by atoms with van der Waals surface area (Å²) in [5, 5.41) is 7.56. The van der Waals surface area contributed by atoms with Crippen LogP contribution in [0.5, 0.6) is 0 Å². The second-order valence-corrected chi connectivity index (χ2v) is 5.40. The number of thiazole rings is 1. The van der Waals surface area contributed by atoms with Crippen LogP contribution in [0, 0.1) is 11.7 Å². The van der Waals surface area contributed by atoms with Crippen LogP contribution in [-0.4, -0.2) is 24.6 Å². The summed E-state index contributed by atoms with van der Waals surface area (Å²) in [5.41, 5.74) is 0.864. The Morgan fingerprint density at radius 1 is 1.53 bits per heavy atom. The summed E-state index contributed by atoms with van der Waals surface area (Å²) in [5.74, 6) is 0.478. The molecular weight excluding hydrogens is 237 g/mol. The fourth-order valence-electron chi connectivity index (χ4n) is 2.09. The molecule has 1 aliphatic rings. The average Bonchev–Trinajstić information content (AvgIpc) is 2.94. The van der Waals surface area contributed by atoms with Crippen molar-refractivity contribution in [1.82, 2.24) is 10.3 Å². The van der Waals surface area contributed by atoms with Gasteiger partial charge in [-0.1, -0.05) is 11.3 Å². The third-order valence-electron chi connectivity index (χ3n) is 3.05. The van der Waals surface area contributed by atoms with E-state index in [9.17, 15) is 4.39 Å². The standard InChI is InChI=1S/C12H14FN3S/c13-9-1-2-10-11(5-9)17-12(16-10)15-7-8-3-4-14-6-8/h1-2,5,8,14H,3-4,6-7H2,(H,15,16). The van der Waals surface area contributed by atoms with Gasteiger partial charge in [0.15, 0.2) is 5.13 Å². The summed E-state index contributed by atoms with van der Waals surface area (Å²) in [6.07, 6.45) is 1.21. The Kier molecular flexibility index (Phi) is 2.94. The number of rotatable bonds is 3. The van der Waals surface area contributed by atoms with E-state index in [1.165, 1.54) is 29.9 Å². The monoisotopic (exact) mass is 251 g/mol. The lowest BCUT2D eigenvalue weighted by molar-refractivity contribution is 0.615. The fourth-order valence-corrected chi connectivity index (χ4v) is 2.99. The normalized spacial score (nSPS) is 19.9. The molecule has 90 valence electrons. The third-order valence-corrected chi connectivity index (χ3v) is 4.03.